The number of carbonyl (C=O) groups excluding carboxylic acids is 2. The number of esters is 1. The van der Waals surface area contributed by atoms with Gasteiger partial charge in [-0.15, -0.1) is 0 Å². The molecule has 1 aromatic heterocycles. The highest BCUT2D eigenvalue weighted by molar-refractivity contribution is 5.94. The lowest BCUT2D eigenvalue weighted by Crippen LogP contribution is -2.27. The van der Waals surface area contributed by atoms with Crippen molar-refractivity contribution in [2.24, 2.45) is 0 Å². The van der Waals surface area contributed by atoms with Crippen molar-refractivity contribution >= 4 is 23.6 Å². The van der Waals surface area contributed by atoms with Crippen LogP contribution < -0.4 is 5.32 Å². The number of nitro groups is 1. The van der Waals surface area contributed by atoms with Gasteiger partial charge in [0.05, 0.1) is 11.5 Å². The number of nitrogens with one attached hydrogen (secondary N) is 1. The number of benzene rings is 1. The summed E-state index contributed by atoms with van der Waals surface area (Å²) in [5.41, 5.74) is 0.915. The molecule has 0 spiro atoms. The molecule has 1 N–H and O–H groups in total. The number of pyridine rings is 1. The van der Waals surface area contributed by atoms with E-state index in [0.717, 1.165) is 0 Å². The zero-order chi connectivity index (χ0) is 18.1. The van der Waals surface area contributed by atoms with E-state index in [1.165, 1.54) is 42.7 Å². The van der Waals surface area contributed by atoms with E-state index in [1.54, 1.807) is 18.2 Å². The highest BCUT2D eigenvalue weighted by Gasteiger charge is 2.05. The number of hydrogen-bond donors (Lipinski definition) is 1. The number of nitrogens with zero attached hydrogens (tertiary/aromatic N) is 2. The number of amides is 1. The van der Waals surface area contributed by atoms with Crippen LogP contribution in [0.5, 0.6) is 0 Å². The third kappa shape index (κ3) is 5.87. The fraction of sp³-hybridized carbons (Fsp3) is 0.118. The molecule has 0 bridgehead atoms. The van der Waals surface area contributed by atoms with E-state index in [9.17, 15) is 19.7 Å². The van der Waals surface area contributed by atoms with Crippen molar-refractivity contribution in [3.63, 3.8) is 0 Å². The number of non-ortho nitro benzene ring substituents is 1. The monoisotopic (exact) mass is 341 g/mol. The van der Waals surface area contributed by atoms with Crippen LogP contribution in [-0.2, 0) is 9.53 Å². The van der Waals surface area contributed by atoms with Crippen LogP contribution in [0.2, 0.25) is 0 Å². The van der Waals surface area contributed by atoms with Gasteiger partial charge in [-0.25, -0.2) is 4.79 Å². The van der Waals surface area contributed by atoms with E-state index in [2.05, 4.69) is 10.3 Å². The van der Waals surface area contributed by atoms with Crippen molar-refractivity contribution in [3.05, 3.63) is 76.1 Å². The maximum absolute atomic E-state index is 11.7. The van der Waals surface area contributed by atoms with E-state index in [-0.39, 0.29) is 24.7 Å². The molecule has 1 amide bonds. The minimum atomic E-state index is -0.607. The molecule has 0 radical (unpaired) electrons. The molecule has 25 heavy (non-hydrogen) atoms. The first kappa shape index (κ1) is 17.8. The fourth-order valence-corrected chi connectivity index (χ4v) is 1.88. The Labute approximate surface area is 143 Å². The van der Waals surface area contributed by atoms with Gasteiger partial charge in [0.25, 0.3) is 11.6 Å². The average Bonchev–Trinajstić information content (AvgIpc) is 2.64. The molecule has 1 heterocycles. The van der Waals surface area contributed by atoms with Crippen LogP contribution in [0.4, 0.5) is 5.69 Å². The summed E-state index contributed by atoms with van der Waals surface area (Å²) in [6.45, 7) is 0.173. The second-order valence-corrected chi connectivity index (χ2v) is 4.84. The van der Waals surface area contributed by atoms with E-state index < -0.39 is 10.9 Å². The molecule has 0 aliphatic heterocycles. The van der Waals surface area contributed by atoms with E-state index in [1.807, 2.05) is 0 Å². The number of carbonyl (C=O) groups is 2. The molecule has 0 saturated carbocycles. The first-order chi connectivity index (χ1) is 12.1. The number of nitro benzene ring substituents is 1. The second kappa shape index (κ2) is 8.92. The van der Waals surface area contributed by atoms with Crippen LogP contribution in [0, 0.1) is 10.1 Å². The van der Waals surface area contributed by atoms with Gasteiger partial charge in [0.15, 0.2) is 0 Å². The summed E-state index contributed by atoms with van der Waals surface area (Å²) in [6, 6.07) is 9.01. The second-order valence-electron chi connectivity index (χ2n) is 4.84. The molecule has 8 heteroatoms. The smallest absolute Gasteiger partial charge is 0.330 e. The molecule has 0 aliphatic carbocycles. The summed E-state index contributed by atoms with van der Waals surface area (Å²) < 4.78 is 4.94. The van der Waals surface area contributed by atoms with Crippen LogP contribution in [0.1, 0.15) is 15.9 Å². The Kier molecular flexibility index (Phi) is 6.35. The number of aromatic nitrogens is 1. The Morgan fingerprint density at radius 2 is 2.00 bits per heavy atom. The summed E-state index contributed by atoms with van der Waals surface area (Å²) in [6.07, 6.45) is 5.61. The molecular formula is C17H15N3O5. The van der Waals surface area contributed by atoms with Gasteiger partial charge in [0.2, 0.25) is 0 Å². The van der Waals surface area contributed by atoms with Gasteiger partial charge in [-0.3, -0.25) is 19.9 Å². The third-order valence-corrected chi connectivity index (χ3v) is 3.07. The summed E-state index contributed by atoms with van der Waals surface area (Å²) >= 11 is 0. The Morgan fingerprint density at radius 3 is 2.72 bits per heavy atom. The molecule has 8 nitrogen and oxygen atoms in total. The summed E-state index contributed by atoms with van der Waals surface area (Å²) in [4.78, 5) is 37.3. The topological polar surface area (TPSA) is 111 Å². The molecular weight excluding hydrogens is 326 g/mol. The molecule has 2 aromatic rings. The van der Waals surface area contributed by atoms with Gasteiger partial charge < -0.3 is 10.1 Å². The highest BCUT2D eigenvalue weighted by atomic mass is 16.6. The Bertz CT molecular complexity index is 790. The van der Waals surface area contributed by atoms with Crippen molar-refractivity contribution in [1.29, 1.82) is 0 Å². The van der Waals surface area contributed by atoms with Crippen molar-refractivity contribution in [2.75, 3.05) is 13.2 Å². The molecule has 0 atom stereocenters. The van der Waals surface area contributed by atoms with Crippen molar-refractivity contribution in [1.82, 2.24) is 10.3 Å². The van der Waals surface area contributed by atoms with Gasteiger partial charge in [-0.1, -0.05) is 12.1 Å². The largest absolute Gasteiger partial charge is 0.461 e. The van der Waals surface area contributed by atoms with Crippen LogP contribution in [0.25, 0.3) is 6.08 Å². The van der Waals surface area contributed by atoms with Gasteiger partial charge in [-0.2, -0.15) is 0 Å². The van der Waals surface area contributed by atoms with Crippen LogP contribution in [0.3, 0.4) is 0 Å². The predicted octanol–water partition coefficient (Wildman–Crippen LogP) is 1.98. The SMILES string of the molecule is O=C(/C=C/c1cccc([N+](=O)[O-])c1)OCCNC(=O)c1ccncc1. The van der Waals surface area contributed by atoms with Gasteiger partial charge in [0, 0.05) is 36.2 Å². The molecule has 1 aromatic carbocycles. The first-order valence-corrected chi connectivity index (χ1v) is 7.34. The molecule has 0 unspecified atom stereocenters. The lowest BCUT2D eigenvalue weighted by Gasteiger charge is -2.05. The van der Waals surface area contributed by atoms with E-state index in [4.69, 9.17) is 4.74 Å². The zero-order valence-corrected chi connectivity index (χ0v) is 13.1. The quantitative estimate of drug-likeness (QED) is 0.271. The molecule has 0 aliphatic rings. The minimum Gasteiger partial charge on any atom is -0.461 e. The normalized spacial score (nSPS) is 10.4. The Morgan fingerprint density at radius 1 is 1.24 bits per heavy atom. The average molecular weight is 341 g/mol. The molecule has 0 fully saturated rings. The Balaban J connectivity index is 1.74. The zero-order valence-electron chi connectivity index (χ0n) is 13.1. The van der Waals surface area contributed by atoms with Crippen LogP contribution in [0.15, 0.2) is 54.9 Å². The first-order valence-electron chi connectivity index (χ1n) is 7.34. The minimum absolute atomic E-state index is 0.00886. The van der Waals surface area contributed by atoms with Crippen LogP contribution >= 0.6 is 0 Å². The van der Waals surface area contributed by atoms with Crippen molar-refractivity contribution in [2.45, 2.75) is 0 Å². The third-order valence-electron chi connectivity index (χ3n) is 3.07. The van der Waals surface area contributed by atoms with Gasteiger partial charge in [0.1, 0.15) is 6.61 Å². The van der Waals surface area contributed by atoms with Crippen molar-refractivity contribution in [3.8, 4) is 0 Å². The maximum Gasteiger partial charge on any atom is 0.330 e. The Hall–Kier alpha value is -3.55. The number of ether oxygens (including phenoxy) is 1. The van der Waals surface area contributed by atoms with Gasteiger partial charge in [-0.05, 0) is 23.8 Å². The fourth-order valence-electron chi connectivity index (χ4n) is 1.88. The lowest BCUT2D eigenvalue weighted by molar-refractivity contribution is -0.384. The van der Waals surface area contributed by atoms with E-state index in [0.29, 0.717) is 11.1 Å². The van der Waals surface area contributed by atoms with Crippen molar-refractivity contribution < 1.29 is 19.2 Å². The summed E-state index contributed by atoms with van der Waals surface area (Å²) in [5.74, 6) is -0.893. The standard InChI is InChI=1S/C17H15N3O5/c21-16(5-4-13-2-1-3-15(12-13)20(23)24)25-11-10-19-17(22)14-6-8-18-9-7-14/h1-9,12H,10-11H2,(H,19,22)/b5-4+. The molecule has 2 rings (SSSR count). The maximum atomic E-state index is 11.7. The lowest BCUT2D eigenvalue weighted by atomic mass is 10.2. The van der Waals surface area contributed by atoms with E-state index >= 15 is 0 Å². The molecule has 128 valence electrons. The molecule has 0 saturated heterocycles. The van der Waals surface area contributed by atoms with Gasteiger partial charge >= 0.3 is 5.97 Å². The predicted molar refractivity (Wildman–Crippen MR) is 89.7 cm³/mol. The summed E-state index contributed by atoms with van der Waals surface area (Å²) in [5, 5.41) is 13.3. The van der Waals surface area contributed by atoms with Crippen LogP contribution in [-0.4, -0.2) is 34.9 Å². The summed E-state index contributed by atoms with van der Waals surface area (Å²) in [7, 11) is 0. The number of hydrogen-bond acceptors (Lipinski definition) is 6. The number of rotatable bonds is 7. The highest BCUT2D eigenvalue weighted by Crippen LogP contribution is 2.14.